The highest BCUT2D eigenvalue weighted by atomic mass is 35.5. The van der Waals surface area contributed by atoms with Crippen molar-refractivity contribution < 1.29 is 23.8 Å². The van der Waals surface area contributed by atoms with Gasteiger partial charge in [-0.1, -0.05) is 35.3 Å². The summed E-state index contributed by atoms with van der Waals surface area (Å²) < 4.78 is 18.1. The van der Waals surface area contributed by atoms with Crippen LogP contribution in [0.3, 0.4) is 0 Å². The molecule has 0 amide bonds. The van der Waals surface area contributed by atoms with E-state index in [1.165, 1.54) is 0 Å². The first-order valence-corrected chi connectivity index (χ1v) is 14.7. The Morgan fingerprint density at radius 2 is 0.622 bits per heavy atom. The van der Waals surface area contributed by atoms with E-state index in [1.54, 1.807) is 109 Å². The number of rotatable bonds is 10. The second-order valence-corrected chi connectivity index (χ2v) is 10.8. The SMILES string of the molecule is O=C(c1ccc(Cl)cc1)c1ccc(Oc2cccc(Oc3cccc(Oc4ccc(C(=O)c5ccc(Cl)cc5)cc4)c3)c2)cc1. The van der Waals surface area contributed by atoms with Crippen LogP contribution in [0.4, 0.5) is 0 Å². The zero-order valence-electron chi connectivity index (χ0n) is 23.7. The Morgan fingerprint density at radius 3 is 0.933 bits per heavy atom. The summed E-state index contributed by atoms with van der Waals surface area (Å²) in [6, 6.07) is 42.0. The molecule has 0 aliphatic heterocycles. The van der Waals surface area contributed by atoms with Gasteiger partial charge in [-0.05, 0) is 121 Å². The summed E-state index contributed by atoms with van der Waals surface area (Å²) in [5.41, 5.74) is 2.22. The molecule has 0 radical (unpaired) electrons. The second-order valence-electron chi connectivity index (χ2n) is 9.98. The Bertz CT molecular complexity index is 1810. The summed E-state index contributed by atoms with van der Waals surface area (Å²) in [5, 5.41) is 1.16. The van der Waals surface area contributed by atoms with Crippen LogP contribution in [0.2, 0.25) is 10.0 Å². The lowest BCUT2D eigenvalue weighted by molar-refractivity contribution is 0.103. The van der Waals surface area contributed by atoms with Gasteiger partial charge in [0.05, 0.1) is 0 Å². The van der Waals surface area contributed by atoms with Crippen molar-refractivity contribution in [3.8, 4) is 34.5 Å². The van der Waals surface area contributed by atoms with Gasteiger partial charge in [-0.3, -0.25) is 9.59 Å². The van der Waals surface area contributed by atoms with Gasteiger partial charge in [0.15, 0.2) is 11.6 Å². The van der Waals surface area contributed by atoms with Gasteiger partial charge in [0, 0.05) is 44.4 Å². The topological polar surface area (TPSA) is 61.8 Å². The third-order valence-electron chi connectivity index (χ3n) is 6.76. The maximum absolute atomic E-state index is 12.7. The third kappa shape index (κ3) is 7.60. The Balaban J connectivity index is 1.08. The second kappa shape index (κ2) is 13.5. The van der Waals surface area contributed by atoms with Crippen molar-refractivity contribution in [1.29, 1.82) is 0 Å². The van der Waals surface area contributed by atoms with Gasteiger partial charge in [0.25, 0.3) is 0 Å². The lowest BCUT2D eigenvalue weighted by atomic mass is 10.0. The van der Waals surface area contributed by atoms with Crippen LogP contribution in [0.5, 0.6) is 34.5 Å². The molecule has 0 spiro atoms. The maximum Gasteiger partial charge on any atom is 0.193 e. The molecule has 0 saturated heterocycles. The van der Waals surface area contributed by atoms with Crippen molar-refractivity contribution in [2.75, 3.05) is 0 Å². The maximum atomic E-state index is 12.7. The zero-order valence-corrected chi connectivity index (χ0v) is 25.2. The van der Waals surface area contributed by atoms with E-state index >= 15 is 0 Å². The Hall–Kier alpha value is -5.36. The highest BCUT2D eigenvalue weighted by molar-refractivity contribution is 6.31. The molecule has 6 aromatic rings. The van der Waals surface area contributed by atoms with E-state index in [4.69, 9.17) is 37.4 Å². The van der Waals surface area contributed by atoms with E-state index < -0.39 is 0 Å². The Kier molecular flexibility index (Phi) is 8.92. The molecule has 0 heterocycles. The van der Waals surface area contributed by atoms with Gasteiger partial charge in [0.2, 0.25) is 0 Å². The molecule has 0 N–H and O–H groups in total. The summed E-state index contributed by atoms with van der Waals surface area (Å²) in [7, 11) is 0. The number of hydrogen-bond acceptors (Lipinski definition) is 5. The van der Waals surface area contributed by atoms with Crippen molar-refractivity contribution in [3.05, 3.63) is 178 Å². The van der Waals surface area contributed by atoms with E-state index in [1.807, 2.05) is 36.4 Å². The molecule has 5 nitrogen and oxygen atoms in total. The molecular weight excluding hydrogens is 607 g/mol. The molecule has 6 rings (SSSR count). The normalized spacial score (nSPS) is 10.6. The van der Waals surface area contributed by atoms with Crippen molar-refractivity contribution >= 4 is 34.8 Å². The summed E-state index contributed by atoms with van der Waals surface area (Å²) in [5.74, 6) is 3.26. The fourth-order valence-corrected chi connectivity index (χ4v) is 4.75. The van der Waals surface area contributed by atoms with Crippen LogP contribution < -0.4 is 14.2 Å². The quantitative estimate of drug-likeness (QED) is 0.141. The molecule has 0 bridgehead atoms. The first-order valence-electron chi connectivity index (χ1n) is 13.9. The molecule has 220 valence electrons. The first-order chi connectivity index (χ1) is 21.9. The molecule has 0 aliphatic carbocycles. The van der Waals surface area contributed by atoms with E-state index in [0.717, 1.165) is 0 Å². The standard InChI is InChI=1S/C38H24Cl2O5/c39-29-15-7-25(8-16-29)37(41)27-11-19-31(20-12-27)43-33-3-1-5-35(23-33)45-36-6-2-4-34(24-36)44-32-21-13-28(14-22-32)38(42)26-9-17-30(40)18-10-26/h1-24H. The predicted octanol–water partition coefficient (Wildman–Crippen LogP) is 10.8. The average Bonchev–Trinajstić information content (AvgIpc) is 3.06. The molecule has 0 saturated carbocycles. The number of benzene rings is 6. The largest absolute Gasteiger partial charge is 0.457 e. The Labute approximate surface area is 270 Å². The Morgan fingerprint density at radius 1 is 0.356 bits per heavy atom. The van der Waals surface area contributed by atoms with Gasteiger partial charge in [0.1, 0.15) is 34.5 Å². The fraction of sp³-hybridized carbons (Fsp3) is 0. The van der Waals surface area contributed by atoms with E-state index in [0.29, 0.717) is 66.8 Å². The molecule has 0 atom stereocenters. The highest BCUT2D eigenvalue weighted by Gasteiger charge is 2.11. The fourth-order valence-electron chi connectivity index (χ4n) is 4.50. The molecular formula is C38H24Cl2O5. The van der Waals surface area contributed by atoms with Gasteiger partial charge in [-0.2, -0.15) is 0 Å². The molecule has 0 aliphatic rings. The molecule has 0 aromatic heterocycles. The van der Waals surface area contributed by atoms with Crippen LogP contribution in [-0.2, 0) is 0 Å². The van der Waals surface area contributed by atoms with Crippen molar-refractivity contribution in [1.82, 2.24) is 0 Å². The molecule has 6 aromatic carbocycles. The van der Waals surface area contributed by atoms with Gasteiger partial charge in [-0.25, -0.2) is 0 Å². The summed E-state index contributed by atoms with van der Waals surface area (Å²) in [6.07, 6.45) is 0. The molecule has 45 heavy (non-hydrogen) atoms. The van der Waals surface area contributed by atoms with Crippen LogP contribution in [0, 0.1) is 0 Å². The van der Waals surface area contributed by atoms with Crippen LogP contribution in [-0.4, -0.2) is 11.6 Å². The smallest absolute Gasteiger partial charge is 0.193 e. The van der Waals surface area contributed by atoms with Crippen LogP contribution >= 0.6 is 23.2 Å². The minimum absolute atomic E-state index is 0.0962. The molecule has 0 unspecified atom stereocenters. The number of ketones is 2. The van der Waals surface area contributed by atoms with Crippen LogP contribution in [0.25, 0.3) is 0 Å². The lowest BCUT2D eigenvalue weighted by Crippen LogP contribution is -2.00. The predicted molar refractivity (Wildman–Crippen MR) is 176 cm³/mol. The first kappa shape index (κ1) is 29.7. The number of hydrogen-bond donors (Lipinski definition) is 0. The van der Waals surface area contributed by atoms with Gasteiger partial charge >= 0.3 is 0 Å². The monoisotopic (exact) mass is 630 g/mol. The summed E-state index contributed by atoms with van der Waals surface area (Å²) in [6.45, 7) is 0. The van der Waals surface area contributed by atoms with Crippen molar-refractivity contribution in [2.45, 2.75) is 0 Å². The zero-order chi connectivity index (χ0) is 31.2. The van der Waals surface area contributed by atoms with Crippen LogP contribution in [0.15, 0.2) is 146 Å². The van der Waals surface area contributed by atoms with E-state index in [2.05, 4.69) is 0 Å². The van der Waals surface area contributed by atoms with Crippen molar-refractivity contribution in [2.24, 2.45) is 0 Å². The number of carbonyl (C=O) groups excluding carboxylic acids is 2. The minimum Gasteiger partial charge on any atom is -0.457 e. The summed E-state index contributed by atoms with van der Waals surface area (Å²) in [4.78, 5) is 25.5. The lowest BCUT2D eigenvalue weighted by Gasteiger charge is -2.11. The number of carbonyl (C=O) groups is 2. The van der Waals surface area contributed by atoms with E-state index in [-0.39, 0.29) is 11.6 Å². The van der Waals surface area contributed by atoms with Gasteiger partial charge < -0.3 is 14.2 Å². The van der Waals surface area contributed by atoms with Gasteiger partial charge in [-0.15, -0.1) is 0 Å². The third-order valence-corrected chi connectivity index (χ3v) is 7.27. The van der Waals surface area contributed by atoms with Crippen LogP contribution in [0.1, 0.15) is 31.8 Å². The average molecular weight is 632 g/mol. The van der Waals surface area contributed by atoms with Crippen molar-refractivity contribution in [3.63, 3.8) is 0 Å². The number of halogens is 2. The molecule has 7 heteroatoms. The summed E-state index contributed by atoms with van der Waals surface area (Å²) >= 11 is 11.9. The molecule has 0 fully saturated rings. The minimum atomic E-state index is -0.0962. The van der Waals surface area contributed by atoms with E-state index in [9.17, 15) is 9.59 Å². The number of ether oxygens (including phenoxy) is 3. The highest BCUT2D eigenvalue weighted by Crippen LogP contribution is 2.32.